The van der Waals surface area contributed by atoms with Crippen molar-refractivity contribution >= 4 is 0 Å². The van der Waals surface area contributed by atoms with Crippen LogP contribution in [0.1, 0.15) is 24.6 Å². The summed E-state index contributed by atoms with van der Waals surface area (Å²) in [6, 6.07) is 0. The van der Waals surface area contributed by atoms with Crippen LogP contribution in [0.4, 0.5) is 8.78 Å². The summed E-state index contributed by atoms with van der Waals surface area (Å²) < 4.78 is 33.5. The third-order valence-electron chi connectivity index (χ3n) is 3.08. The lowest BCUT2D eigenvalue weighted by molar-refractivity contribution is 0.0171. The summed E-state index contributed by atoms with van der Waals surface area (Å²) in [7, 11) is 0. The quantitative estimate of drug-likeness (QED) is 0.763. The van der Waals surface area contributed by atoms with E-state index in [4.69, 9.17) is 9.26 Å². The molecule has 0 bridgehead atoms. The number of aromatic nitrogens is 2. The maximum Gasteiger partial charge on any atom is 0.261 e. The summed E-state index contributed by atoms with van der Waals surface area (Å²) in [5.74, 6) is 1.69. The number of hydrogen-bond donors (Lipinski definition) is 1. The molecule has 0 saturated carbocycles. The van der Waals surface area contributed by atoms with E-state index in [0.29, 0.717) is 24.1 Å². The molecule has 1 aliphatic heterocycles. The molecule has 1 saturated heterocycles. The molecule has 0 amide bonds. The Morgan fingerprint density at radius 3 is 3.11 bits per heavy atom. The molecule has 0 aliphatic carbocycles. The first-order valence-electron chi connectivity index (χ1n) is 6.62. The van der Waals surface area contributed by atoms with Crippen LogP contribution in [-0.4, -0.2) is 42.9 Å². The summed E-state index contributed by atoms with van der Waals surface area (Å²) >= 11 is 0. The fourth-order valence-corrected chi connectivity index (χ4v) is 2.16. The van der Waals surface area contributed by atoms with Gasteiger partial charge in [-0.25, -0.2) is 8.78 Å². The van der Waals surface area contributed by atoms with Gasteiger partial charge in [-0.2, -0.15) is 4.98 Å². The first-order valence-corrected chi connectivity index (χ1v) is 6.62. The number of piperidine rings is 1. The van der Waals surface area contributed by atoms with Crippen LogP contribution in [0, 0.1) is 5.92 Å². The standard InChI is InChI=1S/C12H19F2N3O2/c13-10(14)8-18-5-3-12-16-11(17-19-12)6-9-2-1-4-15-7-9/h9-10,15H,1-8H2. The predicted molar refractivity (Wildman–Crippen MR) is 64.1 cm³/mol. The minimum absolute atomic E-state index is 0.178. The molecule has 2 rings (SSSR count). The fourth-order valence-electron chi connectivity index (χ4n) is 2.16. The molecule has 108 valence electrons. The molecular weight excluding hydrogens is 256 g/mol. The van der Waals surface area contributed by atoms with Gasteiger partial charge in [0.25, 0.3) is 6.43 Å². The average Bonchev–Trinajstić information content (AvgIpc) is 2.83. The second kappa shape index (κ2) is 7.49. The number of rotatable bonds is 7. The fraction of sp³-hybridized carbons (Fsp3) is 0.833. The van der Waals surface area contributed by atoms with Gasteiger partial charge in [0.2, 0.25) is 5.89 Å². The van der Waals surface area contributed by atoms with E-state index in [1.165, 1.54) is 12.8 Å². The Hall–Kier alpha value is -1.08. The number of ether oxygens (including phenoxy) is 1. The van der Waals surface area contributed by atoms with Crippen LogP contribution in [0.25, 0.3) is 0 Å². The topological polar surface area (TPSA) is 60.2 Å². The van der Waals surface area contributed by atoms with Crippen molar-refractivity contribution in [2.45, 2.75) is 32.1 Å². The molecule has 0 aromatic carbocycles. The van der Waals surface area contributed by atoms with Crippen molar-refractivity contribution in [1.82, 2.24) is 15.5 Å². The van der Waals surface area contributed by atoms with Crippen molar-refractivity contribution in [3.8, 4) is 0 Å². The SMILES string of the molecule is FC(F)COCCc1nc(CC2CCCNC2)no1. The zero-order valence-corrected chi connectivity index (χ0v) is 10.8. The molecule has 0 radical (unpaired) electrons. The smallest absolute Gasteiger partial charge is 0.261 e. The summed E-state index contributed by atoms with van der Waals surface area (Å²) in [4.78, 5) is 4.25. The average molecular weight is 275 g/mol. The van der Waals surface area contributed by atoms with Crippen LogP contribution in [0.3, 0.4) is 0 Å². The van der Waals surface area contributed by atoms with Crippen LogP contribution >= 0.6 is 0 Å². The van der Waals surface area contributed by atoms with E-state index in [1.807, 2.05) is 0 Å². The van der Waals surface area contributed by atoms with Crippen LogP contribution < -0.4 is 5.32 Å². The zero-order valence-electron chi connectivity index (χ0n) is 10.8. The van der Waals surface area contributed by atoms with Gasteiger partial charge in [-0.3, -0.25) is 0 Å². The van der Waals surface area contributed by atoms with Gasteiger partial charge in [0.05, 0.1) is 13.0 Å². The largest absolute Gasteiger partial charge is 0.375 e. The Bertz CT molecular complexity index is 368. The third kappa shape index (κ3) is 5.20. The van der Waals surface area contributed by atoms with Crippen molar-refractivity contribution < 1.29 is 18.0 Å². The first kappa shape index (κ1) is 14.3. The summed E-state index contributed by atoms with van der Waals surface area (Å²) in [6.07, 6.45) is 1.10. The molecular formula is C12H19F2N3O2. The molecule has 5 nitrogen and oxygen atoms in total. The zero-order chi connectivity index (χ0) is 13.5. The van der Waals surface area contributed by atoms with Gasteiger partial charge in [0.1, 0.15) is 6.61 Å². The second-order valence-electron chi connectivity index (χ2n) is 4.74. The molecule has 19 heavy (non-hydrogen) atoms. The monoisotopic (exact) mass is 275 g/mol. The van der Waals surface area contributed by atoms with Gasteiger partial charge in [-0.05, 0) is 31.8 Å². The summed E-state index contributed by atoms with van der Waals surface area (Å²) in [5, 5.41) is 7.24. The minimum atomic E-state index is -2.43. The van der Waals surface area contributed by atoms with Gasteiger partial charge >= 0.3 is 0 Å². The van der Waals surface area contributed by atoms with E-state index >= 15 is 0 Å². The van der Waals surface area contributed by atoms with Gasteiger partial charge in [-0.1, -0.05) is 5.16 Å². The Balaban J connectivity index is 1.69. The predicted octanol–water partition coefficient (Wildman–Crippen LogP) is 1.44. The molecule has 7 heteroatoms. The Labute approximate surface area is 110 Å². The van der Waals surface area contributed by atoms with Crippen molar-refractivity contribution in [2.24, 2.45) is 5.92 Å². The molecule has 1 aliphatic rings. The van der Waals surface area contributed by atoms with Gasteiger partial charge in [-0.15, -0.1) is 0 Å². The van der Waals surface area contributed by atoms with E-state index in [0.717, 1.165) is 19.5 Å². The Morgan fingerprint density at radius 1 is 1.47 bits per heavy atom. The van der Waals surface area contributed by atoms with Crippen LogP contribution in [-0.2, 0) is 17.6 Å². The van der Waals surface area contributed by atoms with Gasteiger partial charge in [0.15, 0.2) is 5.82 Å². The molecule has 0 spiro atoms. The summed E-state index contributed by atoms with van der Waals surface area (Å²) in [5.41, 5.74) is 0. The molecule has 1 fully saturated rings. The minimum Gasteiger partial charge on any atom is -0.375 e. The lowest BCUT2D eigenvalue weighted by Crippen LogP contribution is -2.31. The third-order valence-corrected chi connectivity index (χ3v) is 3.08. The van der Waals surface area contributed by atoms with E-state index < -0.39 is 13.0 Å². The van der Waals surface area contributed by atoms with Crippen molar-refractivity contribution in [2.75, 3.05) is 26.3 Å². The lowest BCUT2D eigenvalue weighted by Gasteiger charge is -2.20. The van der Waals surface area contributed by atoms with E-state index in [-0.39, 0.29) is 6.61 Å². The molecule has 1 atom stereocenters. The van der Waals surface area contributed by atoms with E-state index in [1.54, 1.807) is 0 Å². The maximum absolute atomic E-state index is 11.8. The maximum atomic E-state index is 11.8. The lowest BCUT2D eigenvalue weighted by atomic mass is 9.96. The number of alkyl halides is 2. The highest BCUT2D eigenvalue weighted by Crippen LogP contribution is 2.14. The molecule has 1 aromatic heterocycles. The molecule has 2 heterocycles. The highest BCUT2D eigenvalue weighted by Gasteiger charge is 2.16. The molecule has 1 aromatic rings. The van der Waals surface area contributed by atoms with Gasteiger partial charge in [0, 0.05) is 6.42 Å². The van der Waals surface area contributed by atoms with Crippen molar-refractivity contribution in [1.29, 1.82) is 0 Å². The molecule has 1 N–H and O–H groups in total. The molecule has 1 unspecified atom stereocenters. The van der Waals surface area contributed by atoms with Gasteiger partial charge < -0.3 is 14.6 Å². The number of nitrogens with one attached hydrogen (secondary N) is 1. The van der Waals surface area contributed by atoms with Crippen molar-refractivity contribution in [3.05, 3.63) is 11.7 Å². The van der Waals surface area contributed by atoms with Crippen LogP contribution in [0.5, 0.6) is 0 Å². The van der Waals surface area contributed by atoms with E-state index in [2.05, 4.69) is 15.5 Å². The second-order valence-corrected chi connectivity index (χ2v) is 4.74. The Morgan fingerprint density at radius 2 is 2.37 bits per heavy atom. The van der Waals surface area contributed by atoms with Crippen molar-refractivity contribution in [3.63, 3.8) is 0 Å². The van der Waals surface area contributed by atoms with Crippen LogP contribution in [0.2, 0.25) is 0 Å². The van der Waals surface area contributed by atoms with E-state index in [9.17, 15) is 8.78 Å². The Kier molecular flexibility index (Phi) is 5.65. The first-order chi connectivity index (χ1) is 9.24. The highest BCUT2D eigenvalue weighted by atomic mass is 19.3. The normalized spacial score (nSPS) is 20.1. The number of nitrogens with zero attached hydrogens (tertiary/aromatic N) is 2. The van der Waals surface area contributed by atoms with Crippen LogP contribution in [0.15, 0.2) is 4.52 Å². The number of halogens is 2. The summed E-state index contributed by atoms with van der Waals surface area (Å²) in [6.45, 7) is 1.70. The number of hydrogen-bond acceptors (Lipinski definition) is 5. The highest BCUT2D eigenvalue weighted by molar-refractivity contribution is 4.90.